The second-order valence-corrected chi connectivity index (χ2v) is 4.04. The average molecular weight is 220 g/mol. The molecule has 0 amide bonds. The molecule has 88 valence electrons. The van der Waals surface area contributed by atoms with E-state index in [-0.39, 0.29) is 0 Å². The van der Waals surface area contributed by atoms with Crippen LogP contribution in [0.2, 0.25) is 0 Å². The number of aliphatic imine (C=N–C) groups is 1. The van der Waals surface area contributed by atoms with E-state index < -0.39 is 0 Å². The van der Waals surface area contributed by atoms with Gasteiger partial charge in [0.1, 0.15) is 0 Å². The molecular formula is C12H20N4. The van der Waals surface area contributed by atoms with Crippen LogP contribution in [0.25, 0.3) is 0 Å². The Kier molecular flexibility index (Phi) is 4.76. The fourth-order valence-electron chi connectivity index (χ4n) is 1.50. The molecular weight excluding hydrogens is 200 g/mol. The van der Waals surface area contributed by atoms with Gasteiger partial charge in [-0.05, 0) is 12.1 Å². The topological polar surface area (TPSA) is 31.7 Å². The van der Waals surface area contributed by atoms with Crippen molar-refractivity contribution in [2.45, 2.75) is 6.42 Å². The van der Waals surface area contributed by atoms with Crippen LogP contribution in [0.15, 0.2) is 29.4 Å². The molecule has 1 rings (SSSR count). The van der Waals surface area contributed by atoms with E-state index in [0.29, 0.717) is 0 Å². The minimum Gasteiger partial charge on any atom is -0.349 e. The van der Waals surface area contributed by atoms with Gasteiger partial charge in [-0.1, -0.05) is 6.07 Å². The molecule has 16 heavy (non-hydrogen) atoms. The van der Waals surface area contributed by atoms with Crippen LogP contribution < -0.4 is 0 Å². The summed E-state index contributed by atoms with van der Waals surface area (Å²) in [6.07, 6.45) is 2.70. The van der Waals surface area contributed by atoms with Crippen molar-refractivity contribution in [3.63, 3.8) is 0 Å². The van der Waals surface area contributed by atoms with E-state index in [2.05, 4.69) is 9.98 Å². The summed E-state index contributed by atoms with van der Waals surface area (Å²) in [6, 6.07) is 5.96. The van der Waals surface area contributed by atoms with Crippen molar-refractivity contribution in [3.05, 3.63) is 30.1 Å². The smallest absolute Gasteiger partial charge is 0.195 e. The highest BCUT2D eigenvalue weighted by Crippen LogP contribution is 1.96. The van der Waals surface area contributed by atoms with Gasteiger partial charge in [-0.3, -0.25) is 9.98 Å². The molecule has 0 unspecified atom stereocenters. The first-order valence-electron chi connectivity index (χ1n) is 5.40. The monoisotopic (exact) mass is 220 g/mol. The molecule has 0 saturated heterocycles. The van der Waals surface area contributed by atoms with E-state index in [0.717, 1.165) is 24.6 Å². The molecule has 0 fully saturated rings. The Morgan fingerprint density at radius 3 is 2.38 bits per heavy atom. The summed E-state index contributed by atoms with van der Waals surface area (Å²) in [4.78, 5) is 12.8. The number of nitrogens with zero attached hydrogens (tertiary/aromatic N) is 4. The maximum absolute atomic E-state index is 4.55. The summed E-state index contributed by atoms with van der Waals surface area (Å²) in [6.45, 7) is 0.767. The minimum atomic E-state index is 0.767. The summed E-state index contributed by atoms with van der Waals surface area (Å²) >= 11 is 0. The fraction of sp³-hybridized carbons (Fsp3) is 0.500. The standard InChI is InChI=1S/C12H20N4/c1-15(2)12(16(3)4)14-10-8-11-7-5-6-9-13-11/h5-7,9H,8,10H2,1-4H3. The Morgan fingerprint density at radius 1 is 1.19 bits per heavy atom. The van der Waals surface area contributed by atoms with Crippen LogP contribution >= 0.6 is 0 Å². The number of hydrogen-bond donors (Lipinski definition) is 0. The third kappa shape index (κ3) is 3.88. The maximum atomic E-state index is 4.55. The van der Waals surface area contributed by atoms with Gasteiger partial charge in [0, 0.05) is 53.0 Å². The number of hydrogen-bond acceptors (Lipinski definition) is 2. The zero-order chi connectivity index (χ0) is 12.0. The van der Waals surface area contributed by atoms with E-state index in [1.165, 1.54) is 0 Å². The van der Waals surface area contributed by atoms with Gasteiger partial charge in [0.2, 0.25) is 0 Å². The first kappa shape index (κ1) is 12.5. The largest absolute Gasteiger partial charge is 0.349 e. The van der Waals surface area contributed by atoms with Crippen molar-refractivity contribution in [2.75, 3.05) is 34.7 Å². The van der Waals surface area contributed by atoms with Crippen LogP contribution in [-0.2, 0) is 6.42 Å². The zero-order valence-electron chi connectivity index (χ0n) is 10.5. The molecule has 4 nitrogen and oxygen atoms in total. The second kappa shape index (κ2) is 6.10. The number of aromatic nitrogens is 1. The summed E-state index contributed by atoms with van der Waals surface area (Å²) in [7, 11) is 8.00. The summed E-state index contributed by atoms with van der Waals surface area (Å²) in [5.41, 5.74) is 1.09. The van der Waals surface area contributed by atoms with Crippen LogP contribution in [0, 0.1) is 0 Å². The summed E-state index contributed by atoms with van der Waals surface area (Å²) < 4.78 is 0. The van der Waals surface area contributed by atoms with Gasteiger partial charge in [0.25, 0.3) is 0 Å². The molecule has 1 aromatic heterocycles. The number of pyridine rings is 1. The summed E-state index contributed by atoms with van der Waals surface area (Å²) in [5.74, 6) is 0.982. The Balaban J connectivity index is 2.52. The lowest BCUT2D eigenvalue weighted by Crippen LogP contribution is -2.35. The highest BCUT2D eigenvalue weighted by atomic mass is 15.3. The molecule has 0 aliphatic heterocycles. The molecule has 0 aliphatic rings. The van der Waals surface area contributed by atoms with Gasteiger partial charge >= 0.3 is 0 Å². The lowest BCUT2D eigenvalue weighted by molar-refractivity contribution is 0.479. The van der Waals surface area contributed by atoms with Crippen molar-refractivity contribution < 1.29 is 0 Å². The lowest BCUT2D eigenvalue weighted by Gasteiger charge is -2.22. The molecule has 0 radical (unpaired) electrons. The third-order valence-electron chi connectivity index (χ3n) is 2.15. The van der Waals surface area contributed by atoms with Crippen molar-refractivity contribution in [1.29, 1.82) is 0 Å². The number of rotatable bonds is 3. The molecule has 4 heteroatoms. The second-order valence-electron chi connectivity index (χ2n) is 4.04. The van der Waals surface area contributed by atoms with E-state index in [9.17, 15) is 0 Å². The highest BCUT2D eigenvalue weighted by Gasteiger charge is 2.03. The van der Waals surface area contributed by atoms with E-state index in [4.69, 9.17) is 0 Å². The quantitative estimate of drug-likeness (QED) is 0.565. The van der Waals surface area contributed by atoms with E-state index in [1.54, 1.807) is 0 Å². The normalized spacial score (nSPS) is 9.75. The molecule has 0 spiro atoms. The van der Waals surface area contributed by atoms with Gasteiger partial charge in [0.15, 0.2) is 5.96 Å². The Bertz CT molecular complexity index is 320. The predicted molar refractivity (Wildman–Crippen MR) is 67.6 cm³/mol. The molecule has 0 bridgehead atoms. The van der Waals surface area contributed by atoms with Gasteiger partial charge in [-0.25, -0.2) is 0 Å². The van der Waals surface area contributed by atoms with Crippen LogP contribution in [0.5, 0.6) is 0 Å². The lowest BCUT2D eigenvalue weighted by atomic mass is 10.3. The SMILES string of the molecule is CN(C)C(=NCCc1ccccn1)N(C)C. The van der Waals surface area contributed by atoms with Gasteiger partial charge in [-0.15, -0.1) is 0 Å². The Morgan fingerprint density at radius 2 is 1.88 bits per heavy atom. The van der Waals surface area contributed by atoms with Crippen molar-refractivity contribution in [1.82, 2.24) is 14.8 Å². The zero-order valence-corrected chi connectivity index (χ0v) is 10.5. The first-order valence-corrected chi connectivity index (χ1v) is 5.40. The highest BCUT2D eigenvalue weighted by molar-refractivity contribution is 5.79. The number of guanidine groups is 1. The van der Waals surface area contributed by atoms with Crippen LogP contribution in [0.4, 0.5) is 0 Å². The Hall–Kier alpha value is -1.58. The van der Waals surface area contributed by atoms with E-state index in [1.807, 2.05) is 62.4 Å². The molecule has 0 saturated carbocycles. The molecule has 1 heterocycles. The predicted octanol–water partition coefficient (Wildman–Crippen LogP) is 1.10. The van der Waals surface area contributed by atoms with Gasteiger partial charge < -0.3 is 9.80 Å². The van der Waals surface area contributed by atoms with Crippen molar-refractivity contribution >= 4 is 5.96 Å². The Labute approximate surface area is 97.6 Å². The van der Waals surface area contributed by atoms with Crippen molar-refractivity contribution in [2.24, 2.45) is 4.99 Å². The third-order valence-corrected chi connectivity index (χ3v) is 2.15. The molecule has 0 aliphatic carbocycles. The van der Waals surface area contributed by atoms with Crippen LogP contribution in [-0.4, -0.2) is 55.5 Å². The van der Waals surface area contributed by atoms with Crippen LogP contribution in [0.1, 0.15) is 5.69 Å². The van der Waals surface area contributed by atoms with Gasteiger partial charge in [-0.2, -0.15) is 0 Å². The maximum Gasteiger partial charge on any atom is 0.195 e. The van der Waals surface area contributed by atoms with Crippen molar-refractivity contribution in [3.8, 4) is 0 Å². The minimum absolute atomic E-state index is 0.767. The average Bonchev–Trinajstić information content (AvgIpc) is 2.24. The molecule has 0 aromatic carbocycles. The van der Waals surface area contributed by atoms with E-state index >= 15 is 0 Å². The van der Waals surface area contributed by atoms with Gasteiger partial charge in [0.05, 0.1) is 0 Å². The summed E-state index contributed by atoms with van der Waals surface area (Å²) in [5, 5.41) is 0. The molecule has 0 N–H and O–H groups in total. The fourth-order valence-corrected chi connectivity index (χ4v) is 1.50. The van der Waals surface area contributed by atoms with Crippen LogP contribution in [0.3, 0.4) is 0 Å². The molecule has 1 aromatic rings. The first-order chi connectivity index (χ1) is 7.61. The molecule has 0 atom stereocenters.